The number of methoxy groups -OCH3 is 1. The molecule has 0 bridgehead atoms. The normalized spacial score (nSPS) is 14.2. The molecule has 0 aromatic heterocycles. The van der Waals surface area contributed by atoms with Crippen LogP contribution in [0.4, 0.5) is 4.79 Å². The van der Waals surface area contributed by atoms with E-state index in [2.05, 4.69) is 51.2 Å². The molecule has 0 aliphatic heterocycles. The Morgan fingerprint density at radius 2 is 1.40 bits per heavy atom. The molecule has 172 valence electrons. The molecule has 0 saturated heterocycles. The predicted molar refractivity (Wildman–Crippen MR) is 124 cm³/mol. The Balaban J connectivity index is 4.24. The van der Waals surface area contributed by atoms with Crippen LogP contribution in [0.5, 0.6) is 0 Å². The second kappa shape index (κ2) is 15.8. The van der Waals surface area contributed by atoms with E-state index in [1.54, 1.807) is 0 Å². The van der Waals surface area contributed by atoms with Crippen LogP contribution >= 0.6 is 0 Å². The van der Waals surface area contributed by atoms with Gasteiger partial charge in [-0.05, 0) is 79.1 Å². The van der Waals surface area contributed by atoms with Crippen molar-refractivity contribution in [2.75, 3.05) is 7.11 Å². The van der Waals surface area contributed by atoms with Gasteiger partial charge in [0.25, 0.3) is 0 Å². The summed E-state index contributed by atoms with van der Waals surface area (Å²) < 4.78 is 10.1. The van der Waals surface area contributed by atoms with E-state index in [-0.39, 0.29) is 12.0 Å². The Hall–Kier alpha value is -2.04. The minimum atomic E-state index is -0.699. The molecule has 2 atom stereocenters. The molecular weight excluding hydrogens is 378 g/mol. The molecule has 0 radical (unpaired) electrons. The van der Waals surface area contributed by atoms with E-state index in [0.29, 0.717) is 0 Å². The molecule has 1 unspecified atom stereocenters. The zero-order chi connectivity index (χ0) is 23.1. The summed E-state index contributed by atoms with van der Waals surface area (Å²) >= 11 is 0. The first-order chi connectivity index (χ1) is 14.1. The van der Waals surface area contributed by atoms with Crippen molar-refractivity contribution in [3.05, 3.63) is 34.9 Å². The Morgan fingerprint density at radius 1 is 0.867 bits per heavy atom. The zero-order valence-electron chi connectivity index (χ0n) is 20.3. The molecule has 0 fully saturated rings. The summed E-state index contributed by atoms with van der Waals surface area (Å²) in [7, 11) is 1.31. The van der Waals surface area contributed by atoms with E-state index in [1.165, 1.54) is 23.8 Å². The predicted octanol–water partition coefficient (Wildman–Crippen LogP) is 6.50. The fourth-order valence-corrected chi connectivity index (χ4v) is 2.93. The molecule has 0 aliphatic carbocycles. The number of carbonyl (C=O) groups excluding carboxylic acids is 2. The van der Waals surface area contributed by atoms with Crippen molar-refractivity contribution in [1.82, 2.24) is 5.32 Å². The second-order valence-electron chi connectivity index (χ2n) is 8.64. The lowest BCUT2D eigenvalue weighted by Crippen LogP contribution is -2.45. The molecule has 5 nitrogen and oxygen atoms in total. The van der Waals surface area contributed by atoms with E-state index in [4.69, 9.17) is 9.47 Å². The maximum atomic E-state index is 12.0. The topological polar surface area (TPSA) is 64.6 Å². The smallest absolute Gasteiger partial charge is 0.408 e. The van der Waals surface area contributed by atoms with Crippen molar-refractivity contribution in [1.29, 1.82) is 0 Å². The lowest BCUT2D eigenvalue weighted by atomic mass is 10.1. The lowest BCUT2D eigenvalue weighted by Gasteiger charge is -2.21. The maximum absolute atomic E-state index is 12.0. The Kier molecular flexibility index (Phi) is 14.7. The fraction of sp³-hybridized carbons (Fsp3) is 0.680. The third-order valence-electron chi connectivity index (χ3n) is 4.89. The van der Waals surface area contributed by atoms with Gasteiger partial charge in [0, 0.05) is 0 Å². The molecule has 0 spiro atoms. The van der Waals surface area contributed by atoms with Gasteiger partial charge in [0.05, 0.1) is 7.11 Å². The molecule has 5 heteroatoms. The summed E-state index contributed by atoms with van der Waals surface area (Å²) in [5.74, 6) is -0.537. The fourth-order valence-electron chi connectivity index (χ4n) is 2.93. The summed E-state index contributed by atoms with van der Waals surface area (Å²) in [5, 5.41) is 2.60. The number of alkyl carbamates (subject to hydrolysis) is 1. The van der Waals surface area contributed by atoms with Gasteiger partial charge in [-0.3, -0.25) is 0 Å². The molecule has 0 saturated carbocycles. The molecule has 30 heavy (non-hydrogen) atoms. The summed E-state index contributed by atoms with van der Waals surface area (Å²) in [4.78, 5) is 23.8. The molecule has 0 aliphatic rings. The van der Waals surface area contributed by atoms with Crippen LogP contribution in [0.2, 0.25) is 0 Å². The van der Waals surface area contributed by atoms with E-state index in [1.807, 2.05) is 20.8 Å². The molecule has 0 aromatic rings. The highest BCUT2D eigenvalue weighted by Crippen LogP contribution is 2.13. The van der Waals surface area contributed by atoms with Gasteiger partial charge in [-0.2, -0.15) is 0 Å². The number of hydrogen-bond donors (Lipinski definition) is 1. The Morgan fingerprint density at radius 3 is 1.90 bits per heavy atom. The number of hydrogen-bond acceptors (Lipinski definition) is 4. The number of carbonyl (C=O) groups is 2. The Labute approximate surface area is 184 Å². The van der Waals surface area contributed by atoms with Gasteiger partial charge in [-0.15, -0.1) is 0 Å². The first kappa shape index (κ1) is 28.0. The lowest BCUT2D eigenvalue weighted by molar-refractivity contribution is -0.144. The van der Waals surface area contributed by atoms with Gasteiger partial charge in [0.2, 0.25) is 0 Å². The van der Waals surface area contributed by atoms with Crippen molar-refractivity contribution in [2.24, 2.45) is 5.92 Å². The molecule has 0 rings (SSSR count). The standard InChI is InChI=1S/C25H43NO4/c1-18(2)12-9-13-20(5)14-10-15-21(6)16-11-17-22(7)30-25(28)26-23(19(3)4)24(27)29-8/h12,14,16,19,22-23H,9-11,13,15,17H2,1-8H3,(H,26,28)/b20-14+,21-16+/t22?,23-/m0/s1. The summed E-state index contributed by atoms with van der Waals surface area (Å²) in [6.07, 6.45) is 12.0. The number of ether oxygens (including phenoxy) is 2. The summed E-state index contributed by atoms with van der Waals surface area (Å²) in [5.41, 5.74) is 4.17. The highest BCUT2D eigenvalue weighted by atomic mass is 16.6. The van der Waals surface area contributed by atoms with Crippen LogP contribution < -0.4 is 5.32 Å². The van der Waals surface area contributed by atoms with Crippen LogP contribution in [-0.2, 0) is 14.3 Å². The van der Waals surface area contributed by atoms with Crippen LogP contribution in [0.15, 0.2) is 34.9 Å². The molecule has 1 amide bonds. The van der Waals surface area contributed by atoms with Crippen LogP contribution in [0.1, 0.15) is 87.0 Å². The van der Waals surface area contributed by atoms with Crippen LogP contribution in [0.3, 0.4) is 0 Å². The van der Waals surface area contributed by atoms with Crippen molar-refractivity contribution >= 4 is 12.1 Å². The van der Waals surface area contributed by atoms with Gasteiger partial charge in [-0.1, -0.05) is 48.8 Å². The first-order valence-corrected chi connectivity index (χ1v) is 11.1. The van der Waals surface area contributed by atoms with E-state index < -0.39 is 18.1 Å². The quantitative estimate of drug-likeness (QED) is 0.272. The molecular formula is C25H43NO4. The maximum Gasteiger partial charge on any atom is 0.408 e. The number of amides is 1. The highest BCUT2D eigenvalue weighted by Gasteiger charge is 2.26. The molecule has 0 aromatic carbocycles. The average Bonchev–Trinajstić information content (AvgIpc) is 2.64. The number of esters is 1. The van der Waals surface area contributed by atoms with Gasteiger partial charge in [0.15, 0.2) is 0 Å². The third kappa shape index (κ3) is 14.0. The highest BCUT2D eigenvalue weighted by molar-refractivity contribution is 5.81. The summed E-state index contributed by atoms with van der Waals surface area (Å²) in [6, 6.07) is -0.699. The van der Waals surface area contributed by atoms with Gasteiger partial charge < -0.3 is 14.8 Å². The Bertz CT molecular complexity index is 613. The van der Waals surface area contributed by atoms with Gasteiger partial charge in [-0.25, -0.2) is 9.59 Å². The minimum absolute atomic E-state index is 0.0733. The number of rotatable bonds is 13. The second-order valence-corrected chi connectivity index (χ2v) is 8.64. The zero-order valence-corrected chi connectivity index (χ0v) is 20.3. The van der Waals surface area contributed by atoms with Crippen molar-refractivity contribution < 1.29 is 19.1 Å². The van der Waals surface area contributed by atoms with Crippen LogP contribution in [-0.4, -0.2) is 31.3 Å². The van der Waals surface area contributed by atoms with Gasteiger partial charge in [0.1, 0.15) is 12.1 Å². The van der Waals surface area contributed by atoms with E-state index >= 15 is 0 Å². The van der Waals surface area contributed by atoms with Crippen molar-refractivity contribution in [3.8, 4) is 0 Å². The van der Waals surface area contributed by atoms with E-state index in [9.17, 15) is 9.59 Å². The average molecular weight is 422 g/mol. The van der Waals surface area contributed by atoms with Crippen molar-refractivity contribution in [3.63, 3.8) is 0 Å². The first-order valence-electron chi connectivity index (χ1n) is 11.1. The van der Waals surface area contributed by atoms with Crippen LogP contribution in [0, 0.1) is 5.92 Å². The molecule has 0 heterocycles. The monoisotopic (exact) mass is 421 g/mol. The van der Waals surface area contributed by atoms with Crippen LogP contribution in [0.25, 0.3) is 0 Å². The third-order valence-corrected chi connectivity index (χ3v) is 4.89. The largest absolute Gasteiger partial charge is 0.467 e. The van der Waals surface area contributed by atoms with E-state index in [0.717, 1.165) is 38.5 Å². The number of nitrogens with one attached hydrogen (secondary N) is 1. The molecule has 1 N–H and O–H groups in total. The SMILES string of the molecule is COC(=O)[C@@H](NC(=O)OC(C)CC/C=C(\C)CC/C=C(\C)CCC=C(C)C)C(C)C. The minimum Gasteiger partial charge on any atom is -0.467 e. The summed E-state index contributed by atoms with van der Waals surface area (Å²) in [6.45, 7) is 14.2. The van der Waals surface area contributed by atoms with Crippen molar-refractivity contribution in [2.45, 2.75) is 99.1 Å². The number of allylic oxidation sites excluding steroid dienone is 6. The van der Waals surface area contributed by atoms with Gasteiger partial charge >= 0.3 is 12.1 Å².